The fourth-order valence-electron chi connectivity index (χ4n) is 3.62. The third-order valence-corrected chi connectivity index (χ3v) is 5.02. The predicted molar refractivity (Wildman–Crippen MR) is 85.1 cm³/mol. The molecule has 0 aliphatic heterocycles. The van der Waals surface area contributed by atoms with Crippen LogP contribution >= 0.6 is 0 Å². The fourth-order valence-corrected chi connectivity index (χ4v) is 3.62. The molecule has 1 aromatic carbocycles. The number of fused-ring (bicyclic) bond motifs is 1. The van der Waals surface area contributed by atoms with Gasteiger partial charge in [0, 0.05) is 31.2 Å². The minimum Gasteiger partial charge on any atom is -0.299 e. The summed E-state index contributed by atoms with van der Waals surface area (Å²) in [5.41, 5.74) is 2.23. The number of hydrogen-bond donors (Lipinski definition) is 0. The molecule has 2 unspecified atom stereocenters. The maximum Gasteiger partial charge on any atom is 0.136 e. The second kappa shape index (κ2) is 5.63. The average Bonchev–Trinajstić information content (AvgIpc) is 2.78. The van der Waals surface area contributed by atoms with Crippen molar-refractivity contribution in [1.82, 2.24) is 9.78 Å². The summed E-state index contributed by atoms with van der Waals surface area (Å²) in [7, 11) is 1.98. The molecular formula is C18H24N2O. The van der Waals surface area contributed by atoms with E-state index in [1.165, 1.54) is 5.39 Å². The van der Waals surface area contributed by atoms with E-state index in [4.69, 9.17) is 0 Å². The van der Waals surface area contributed by atoms with Gasteiger partial charge in [-0.3, -0.25) is 9.48 Å². The van der Waals surface area contributed by atoms with Gasteiger partial charge in [0.05, 0.1) is 11.2 Å². The maximum atomic E-state index is 12.3. The zero-order valence-corrected chi connectivity index (χ0v) is 13.2. The van der Waals surface area contributed by atoms with E-state index in [1.807, 2.05) is 23.9 Å². The Kier molecular flexibility index (Phi) is 3.83. The van der Waals surface area contributed by atoms with Gasteiger partial charge in [-0.05, 0) is 30.7 Å². The summed E-state index contributed by atoms with van der Waals surface area (Å²) in [5.74, 6) is 1.94. The SMILES string of the molecule is CC(C)C1CCC(=O)C(Cc2nn(C)c3ccccc23)C1. The monoisotopic (exact) mass is 284 g/mol. The number of carbonyl (C=O) groups is 1. The van der Waals surface area contributed by atoms with E-state index in [9.17, 15) is 4.79 Å². The van der Waals surface area contributed by atoms with Crippen molar-refractivity contribution in [2.45, 2.75) is 39.5 Å². The molecule has 1 aliphatic rings. The standard InChI is InChI=1S/C18H24N2O/c1-12(2)13-8-9-18(21)14(10-13)11-16-15-6-4-5-7-17(15)20(3)19-16/h4-7,12-14H,8-11H2,1-3H3. The van der Waals surface area contributed by atoms with Gasteiger partial charge in [0.25, 0.3) is 0 Å². The molecule has 0 spiro atoms. The Bertz CT molecular complexity index is 656. The summed E-state index contributed by atoms with van der Waals surface area (Å²) >= 11 is 0. The first-order valence-electron chi connectivity index (χ1n) is 7.99. The van der Waals surface area contributed by atoms with Gasteiger partial charge in [0.2, 0.25) is 0 Å². The van der Waals surface area contributed by atoms with Crippen LogP contribution in [-0.2, 0) is 18.3 Å². The molecule has 0 radical (unpaired) electrons. The zero-order chi connectivity index (χ0) is 15.0. The van der Waals surface area contributed by atoms with Crippen LogP contribution in [0.25, 0.3) is 10.9 Å². The zero-order valence-electron chi connectivity index (χ0n) is 13.2. The second-order valence-electron chi connectivity index (χ2n) is 6.73. The Morgan fingerprint density at radius 1 is 1.33 bits per heavy atom. The van der Waals surface area contributed by atoms with Gasteiger partial charge in [-0.2, -0.15) is 5.10 Å². The molecule has 2 aromatic rings. The molecule has 0 amide bonds. The fraction of sp³-hybridized carbons (Fsp3) is 0.556. The number of carbonyl (C=O) groups excluding carboxylic acids is 1. The number of benzene rings is 1. The van der Waals surface area contributed by atoms with Crippen LogP contribution in [0, 0.1) is 17.8 Å². The van der Waals surface area contributed by atoms with Gasteiger partial charge in [-0.25, -0.2) is 0 Å². The molecular weight excluding hydrogens is 260 g/mol. The number of aryl methyl sites for hydroxylation is 1. The quantitative estimate of drug-likeness (QED) is 0.860. The van der Waals surface area contributed by atoms with E-state index in [-0.39, 0.29) is 5.92 Å². The normalized spacial score (nSPS) is 23.1. The summed E-state index contributed by atoms with van der Waals surface area (Å²) in [6, 6.07) is 8.29. The summed E-state index contributed by atoms with van der Waals surface area (Å²) in [4.78, 5) is 12.3. The van der Waals surface area contributed by atoms with Crippen molar-refractivity contribution in [2.24, 2.45) is 24.8 Å². The van der Waals surface area contributed by atoms with Gasteiger partial charge in [-0.15, -0.1) is 0 Å². The highest BCUT2D eigenvalue weighted by Crippen LogP contribution is 2.34. The molecule has 2 atom stereocenters. The first-order valence-corrected chi connectivity index (χ1v) is 7.99. The van der Waals surface area contributed by atoms with Gasteiger partial charge >= 0.3 is 0 Å². The lowest BCUT2D eigenvalue weighted by atomic mass is 9.74. The van der Waals surface area contributed by atoms with Crippen LogP contribution < -0.4 is 0 Å². The number of hydrogen-bond acceptors (Lipinski definition) is 2. The molecule has 3 nitrogen and oxygen atoms in total. The van der Waals surface area contributed by atoms with Crippen molar-refractivity contribution in [1.29, 1.82) is 0 Å². The number of ketones is 1. The highest BCUT2D eigenvalue weighted by molar-refractivity contribution is 5.85. The van der Waals surface area contributed by atoms with Crippen LogP contribution in [0.3, 0.4) is 0 Å². The van der Waals surface area contributed by atoms with E-state index in [2.05, 4.69) is 31.1 Å². The Morgan fingerprint density at radius 2 is 2.10 bits per heavy atom. The van der Waals surface area contributed by atoms with Crippen molar-refractivity contribution in [2.75, 3.05) is 0 Å². The van der Waals surface area contributed by atoms with Crippen LogP contribution in [-0.4, -0.2) is 15.6 Å². The lowest BCUT2D eigenvalue weighted by molar-refractivity contribution is -0.125. The first kappa shape index (κ1) is 14.3. The molecule has 1 aliphatic carbocycles. The Labute approximate surface area is 126 Å². The van der Waals surface area contributed by atoms with E-state index in [0.29, 0.717) is 17.6 Å². The molecule has 0 bridgehead atoms. The Hall–Kier alpha value is -1.64. The maximum absolute atomic E-state index is 12.3. The molecule has 1 aromatic heterocycles. The summed E-state index contributed by atoms with van der Waals surface area (Å²) < 4.78 is 1.93. The molecule has 112 valence electrons. The number of para-hydroxylation sites is 1. The Balaban J connectivity index is 1.85. The molecule has 1 saturated carbocycles. The summed E-state index contributed by atoms with van der Waals surface area (Å²) in [5, 5.41) is 5.85. The molecule has 3 rings (SSSR count). The molecule has 0 saturated heterocycles. The van der Waals surface area contributed by atoms with Crippen molar-refractivity contribution < 1.29 is 4.79 Å². The van der Waals surface area contributed by atoms with Crippen LogP contribution in [0.2, 0.25) is 0 Å². The predicted octanol–water partition coefficient (Wildman–Crippen LogP) is 3.76. The molecule has 1 fully saturated rings. The number of nitrogens with zero attached hydrogens (tertiary/aromatic N) is 2. The van der Waals surface area contributed by atoms with Crippen molar-refractivity contribution in [3.8, 4) is 0 Å². The third-order valence-electron chi connectivity index (χ3n) is 5.02. The molecule has 0 N–H and O–H groups in total. The Morgan fingerprint density at radius 3 is 2.86 bits per heavy atom. The minimum atomic E-state index is 0.157. The first-order chi connectivity index (χ1) is 10.1. The van der Waals surface area contributed by atoms with Crippen molar-refractivity contribution in [3.05, 3.63) is 30.0 Å². The van der Waals surface area contributed by atoms with E-state index in [0.717, 1.165) is 36.9 Å². The van der Waals surface area contributed by atoms with E-state index in [1.54, 1.807) is 0 Å². The van der Waals surface area contributed by atoms with Crippen LogP contribution in [0.4, 0.5) is 0 Å². The van der Waals surface area contributed by atoms with Gasteiger partial charge in [-0.1, -0.05) is 32.0 Å². The largest absolute Gasteiger partial charge is 0.299 e. The number of aromatic nitrogens is 2. The van der Waals surface area contributed by atoms with Crippen LogP contribution in [0.5, 0.6) is 0 Å². The highest BCUT2D eigenvalue weighted by atomic mass is 16.1. The van der Waals surface area contributed by atoms with Gasteiger partial charge in [0.15, 0.2) is 0 Å². The van der Waals surface area contributed by atoms with Crippen LogP contribution in [0.1, 0.15) is 38.8 Å². The second-order valence-corrected chi connectivity index (χ2v) is 6.73. The summed E-state index contributed by atoms with van der Waals surface area (Å²) in [6.45, 7) is 4.54. The van der Waals surface area contributed by atoms with Gasteiger partial charge < -0.3 is 0 Å². The minimum absolute atomic E-state index is 0.157. The van der Waals surface area contributed by atoms with Gasteiger partial charge in [0.1, 0.15) is 5.78 Å². The third kappa shape index (κ3) is 2.74. The molecule has 3 heteroatoms. The number of Topliss-reactive ketones (excluding diaryl/α,β-unsaturated/α-hetero) is 1. The lowest BCUT2D eigenvalue weighted by Gasteiger charge is -2.30. The number of rotatable bonds is 3. The van der Waals surface area contributed by atoms with E-state index >= 15 is 0 Å². The lowest BCUT2D eigenvalue weighted by Crippen LogP contribution is -2.29. The van der Waals surface area contributed by atoms with E-state index < -0.39 is 0 Å². The van der Waals surface area contributed by atoms with Crippen molar-refractivity contribution in [3.63, 3.8) is 0 Å². The van der Waals surface area contributed by atoms with Crippen molar-refractivity contribution >= 4 is 16.7 Å². The highest BCUT2D eigenvalue weighted by Gasteiger charge is 2.31. The smallest absolute Gasteiger partial charge is 0.136 e. The molecule has 21 heavy (non-hydrogen) atoms. The molecule has 1 heterocycles. The topological polar surface area (TPSA) is 34.9 Å². The van der Waals surface area contributed by atoms with Crippen LogP contribution in [0.15, 0.2) is 24.3 Å². The average molecular weight is 284 g/mol. The summed E-state index contributed by atoms with van der Waals surface area (Å²) in [6.07, 6.45) is 3.64.